The molecule has 7 heteroatoms. The number of imidazole rings is 1. The van der Waals surface area contributed by atoms with E-state index < -0.39 is 0 Å². The molecule has 3 aromatic heterocycles. The van der Waals surface area contributed by atoms with Gasteiger partial charge in [0.1, 0.15) is 18.2 Å². The van der Waals surface area contributed by atoms with Crippen molar-refractivity contribution in [2.24, 2.45) is 7.05 Å². The highest BCUT2D eigenvalue weighted by Gasteiger charge is 2.11. The van der Waals surface area contributed by atoms with Crippen molar-refractivity contribution in [3.63, 3.8) is 0 Å². The molecule has 0 saturated heterocycles. The molecule has 0 unspecified atom stereocenters. The van der Waals surface area contributed by atoms with Crippen LogP contribution in [0, 0.1) is 0 Å². The lowest BCUT2D eigenvalue weighted by Gasteiger charge is -2.07. The summed E-state index contributed by atoms with van der Waals surface area (Å²) in [7, 11) is 3.54. The Hall–Kier alpha value is -3.48. The fourth-order valence-corrected chi connectivity index (χ4v) is 2.69. The van der Waals surface area contributed by atoms with Gasteiger partial charge >= 0.3 is 0 Å². The Morgan fingerprint density at radius 2 is 2.00 bits per heavy atom. The second-order valence-electron chi connectivity index (χ2n) is 5.73. The summed E-state index contributed by atoms with van der Waals surface area (Å²) >= 11 is 0. The quantitative estimate of drug-likeness (QED) is 0.552. The van der Waals surface area contributed by atoms with Gasteiger partial charge in [-0.3, -0.25) is 9.97 Å². The number of aromatic nitrogens is 5. The van der Waals surface area contributed by atoms with Gasteiger partial charge in [0.05, 0.1) is 36.2 Å². The van der Waals surface area contributed by atoms with E-state index in [2.05, 4.69) is 15.0 Å². The van der Waals surface area contributed by atoms with Crippen LogP contribution in [0.4, 0.5) is 0 Å². The van der Waals surface area contributed by atoms with Crippen molar-refractivity contribution >= 4 is 11.0 Å². The lowest BCUT2D eigenvalue weighted by Crippen LogP contribution is -2.00. The number of fused-ring (bicyclic) bond motifs is 1. The SMILES string of the molecule is COc1cnc(COc2ccc3nc(-c4cccnc4)n(C)c3c2)cn1. The van der Waals surface area contributed by atoms with Crippen LogP contribution in [0.5, 0.6) is 11.6 Å². The highest BCUT2D eigenvalue weighted by Crippen LogP contribution is 2.26. The number of nitrogens with zero attached hydrogens (tertiary/aromatic N) is 5. The van der Waals surface area contributed by atoms with Crippen molar-refractivity contribution in [2.45, 2.75) is 6.61 Å². The second kappa shape index (κ2) is 6.79. The van der Waals surface area contributed by atoms with Crippen LogP contribution in [0.3, 0.4) is 0 Å². The molecule has 1 aromatic carbocycles. The average Bonchev–Trinajstić information content (AvgIpc) is 3.03. The van der Waals surface area contributed by atoms with Crippen LogP contribution in [0.1, 0.15) is 5.69 Å². The topological polar surface area (TPSA) is 75.0 Å². The van der Waals surface area contributed by atoms with Gasteiger partial charge in [0, 0.05) is 31.1 Å². The molecule has 0 aliphatic rings. The molecule has 0 aliphatic carbocycles. The molecule has 0 saturated carbocycles. The van der Waals surface area contributed by atoms with Crippen molar-refractivity contribution in [1.82, 2.24) is 24.5 Å². The molecule has 26 heavy (non-hydrogen) atoms. The molecule has 0 atom stereocenters. The average molecular weight is 347 g/mol. The first-order chi connectivity index (χ1) is 12.7. The number of rotatable bonds is 5. The van der Waals surface area contributed by atoms with Gasteiger partial charge in [0.2, 0.25) is 5.88 Å². The van der Waals surface area contributed by atoms with Crippen molar-refractivity contribution < 1.29 is 9.47 Å². The van der Waals surface area contributed by atoms with E-state index in [0.29, 0.717) is 12.5 Å². The summed E-state index contributed by atoms with van der Waals surface area (Å²) in [5.74, 6) is 2.09. The Morgan fingerprint density at radius 3 is 2.73 bits per heavy atom. The molecule has 130 valence electrons. The minimum Gasteiger partial charge on any atom is -0.487 e. The smallest absolute Gasteiger partial charge is 0.231 e. The number of pyridine rings is 1. The molecule has 7 nitrogen and oxygen atoms in total. The van der Waals surface area contributed by atoms with E-state index in [9.17, 15) is 0 Å². The van der Waals surface area contributed by atoms with E-state index in [-0.39, 0.29) is 0 Å². The second-order valence-corrected chi connectivity index (χ2v) is 5.73. The first kappa shape index (κ1) is 16.0. The van der Waals surface area contributed by atoms with Gasteiger partial charge in [-0.15, -0.1) is 0 Å². The van der Waals surface area contributed by atoms with Crippen molar-refractivity contribution in [2.75, 3.05) is 7.11 Å². The largest absolute Gasteiger partial charge is 0.487 e. The number of hydrogen-bond donors (Lipinski definition) is 0. The molecule has 0 N–H and O–H groups in total. The third kappa shape index (κ3) is 3.06. The minimum atomic E-state index is 0.329. The number of ether oxygens (including phenoxy) is 2. The van der Waals surface area contributed by atoms with E-state index in [1.165, 1.54) is 0 Å². The van der Waals surface area contributed by atoms with Crippen molar-refractivity contribution in [3.05, 3.63) is 60.8 Å². The maximum absolute atomic E-state index is 5.85. The maximum Gasteiger partial charge on any atom is 0.231 e. The summed E-state index contributed by atoms with van der Waals surface area (Å²) in [6.07, 6.45) is 6.77. The zero-order chi connectivity index (χ0) is 17.9. The summed E-state index contributed by atoms with van der Waals surface area (Å²) in [6, 6.07) is 9.72. The molecule has 0 spiro atoms. The maximum atomic E-state index is 5.85. The molecule has 0 aliphatic heterocycles. The first-order valence-electron chi connectivity index (χ1n) is 8.09. The highest BCUT2D eigenvalue weighted by atomic mass is 16.5. The van der Waals surface area contributed by atoms with Crippen LogP contribution >= 0.6 is 0 Å². The molecule has 0 bridgehead atoms. The highest BCUT2D eigenvalue weighted by molar-refractivity contribution is 5.81. The molecule has 0 fully saturated rings. The summed E-state index contributed by atoms with van der Waals surface area (Å²) < 4.78 is 12.9. The van der Waals surface area contributed by atoms with E-state index in [4.69, 9.17) is 14.5 Å². The summed E-state index contributed by atoms with van der Waals surface area (Å²) in [5, 5.41) is 0. The number of aryl methyl sites for hydroxylation is 1. The molecule has 0 radical (unpaired) electrons. The van der Waals surface area contributed by atoms with Gasteiger partial charge in [-0.1, -0.05) is 0 Å². The lowest BCUT2D eigenvalue weighted by molar-refractivity contribution is 0.300. The van der Waals surface area contributed by atoms with Crippen LogP contribution in [0.2, 0.25) is 0 Å². The molecule has 4 rings (SSSR count). The Kier molecular flexibility index (Phi) is 4.18. The van der Waals surface area contributed by atoms with Gasteiger partial charge in [-0.2, -0.15) is 0 Å². The molecular weight excluding hydrogens is 330 g/mol. The van der Waals surface area contributed by atoms with Crippen LogP contribution in [-0.4, -0.2) is 31.6 Å². The summed E-state index contributed by atoms with van der Waals surface area (Å²) in [6.45, 7) is 0.329. The monoisotopic (exact) mass is 347 g/mol. The standard InChI is InChI=1S/C19H17N5O2/c1-24-17-8-15(26-12-14-10-22-18(25-2)11-21-14)5-6-16(17)23-19(24)13-4-3-7-20-9-13/h3-11H,12H2,1-2H3. The molecule has 0 amide bonds. The molecule has 4 aromatic rings. The van der Waals surface area contributed by atoms with Crippen molar-refractivity contribution in [3.8, 4) is 23.0 Å². The number of hydrogen-bond acceptors (Lipinski definition) is 6. The lowest BCUT2D eigenvalue weighted by atomic mass is 10.3. The fourth-order valence-electron chi connectivity index (χ4n) is 2.69. The zero-order valence-electron chi connectivity index (χ0n) is 14.5. The Bertz CT molecular complexity index is 1030. The Balaban J connectivity index is 1.58. The van der Waals surface area contributed by atoms with Gasteiger partial charge in [0.15, 0.2) is 0 Å². The third-order valence-electron chi connectivity index (χ3n) is 4.05. The zero-order valence-corrected chi connectivity index (χ0v) is 14.5. The summed E-state index contributed by atoms with van der Waals surface area (Å²) in [5.41, 5.74) is 3.60. The predicted molar refractivity (Wildman–Crippen MR) is 96.9 cm³/mol. The van der Waals surface area contributed by atoms with E-state index in [0.717, 1.165) is 33.9 Å². The van der Waals surface area contributed by atoms with Gasteiger partial charge < -0.3 is 14.0 Å². The number of benzene rings is 1. The van der Waals surface area contributed by atoms with E-state index in [1.807, 2.05) is 41.9 Å². The van der Waals surface area contributed by atoms with E-state index >= 15 is 0 Å². The van der Waals surface area contributed by atoms with Gasteiger partial charge in [-0.25, -0.2) is 9.97 Å². The summed E-state index contributed by atoms with van der Waals surface area (Å²) in [4.78, 5) is 17.2. The fraction of sp³-hybridized carbons (Fsp3) is 0.158. The van der Waals surface area contributed by atoms with Crippen LogP contribution in [0.25, 0.3) is 22.4 Å². The van der Waals surface area contributed by atoms with Crippen molar-refractivity contribution in [1.29, 1.82) is 0 Å². The Morgan fingerprint density at radius 1 is 1.08 bits per heavy atom. The van der Waals surface area contributed by atoms with Crippen LogP contribution < -0.4 is 9.47 Å². The predicted octanol–water partition coefficient (Wildman–Crippen LogP) is 3.01. The van der Waals surface area contributed by atoms with Crippen LogP contribution in [-0.2, 0) is 13.7 Å². The normalized spacial score (nSPS) is 10.8. The molecule has 3 heterocycles. The van der Waals surface area contributed by atoms with Gasteiger partial charge in [0.25, 0.3) is 0 Å². The Labute approximate surface area is 150 Å². The first-order valence-corrected chi connectivity index (χ1v) is 8.09. The third-order valence-corrected chi connectivity index (χ3v) is 4.05. The molecular formula is C19H17N5O2. The van der Waals surface area contributed by atoms with Gasteiger partial charge in [-0.05, 0) is 24.3 Å². The van der Waals surface area contributed by atoms with E-state index in [1.54, 1.807) is 31.9 Å². The van der Waals surface area contributed by atoms with Crippen LogP contribution in [0.15, 0.2) is 55.1 Å². The number of methoxy groups -OCH3 is 1. The minimum absolute atomic E-state index is 0.329.